The maximum atomic E-state index is 12.5. The Morgan fingerprint density at radius 1 is 0.950 bits per heavy atom. The van der Waals surface area contributed by atoms with E-state index >= 15 is 0 Å². The lowest BCUT2D eigenvalue weighted by Crippen LogP contribution is -2.42. The number of rotatable bonds is 14. The minimum atomic E-state index is -0.786. The lowest BCUT2D eigenvalue weighted by molar-refractivity contribution is -0.253. The van der Waals surface area contributed by atoms with E-state index < -0.39 is 12.3 Å². The molecular weight excluding hydrogens is 512 g/mol. The molecular formula is C31H42N2O7. The first-order valence-corrected chi connectivity index (χ1v) is 14.4. The molecule has 0 aliphatic carbocycles. The normalized spacial score (nSPS) is 23.2. The lowest BCUT2D eigenvalue weighted by atomic mass is 9.99. The van der Waals surface area contributed by atoms with Crippen LogP contribution in [0.5, 0.6) is 0 Å². The molecule has 4 rings (SSSR count). The lowest BCUT2D eigenvalue weighted by Gasteiger charge is -2.38. The van der Waals surface area contributed by atoms with Crippen molar-refractivity contribution < 1.29 is 34.4 Å². The van der Waals surface area contributed by atoms with Crippen molar-refractivity contribution in [1.82, 2.24) is 4.90 Å². The summed E-state index contributed by atoms with van der Waals surface area (Å²) < 4.78 is 12.9. The SMILES string of the molecule is O=C(O)CCCCCCC(=O)Nc1cccc([C@H]2O[C@@H](CN3CCC[C@H]3CO)C[C@@H](c3ccc(CO)cc3)O2)c1. The van der Waals surface area contributed by atoms with Gasteiger partial charge >= 0.3 is 5.97 Å². The van der Waals surface area contributed by atoms with Gasteiger partial charge in [0.25, 0.3) is 0 Å². The number of hydrogen-bond acceptors (Lipinski definition) is 7. The number of anilines is 1. The number of carboxylic acid groups (broad SMARTS) is 1. The Morgan fingerprint density at radius 3 is 2.45 bits per heavy atom. The first-order valence-electron chi connectivity index (χ1n) is 14.4. The van der Waals surface area contributed by atoms with E-state index in [1.54, 1.807) is 0 Å². The second-order valence-corrected chi connectivity index (χ2v) is 10.8. The van der Waals surface area contributed by atoms with Gasteiger partial charge in [0.15, 0.2) is 6.29 Å². The van der Waals surface area contributed by atoms with Crippen LogP contribution in [0.25, 0.3) is 0 Å². The van der Waals surface area contributed by atoms with E-state index in [0.717, 1.165) is 48.9 Å². The molecule has 0 saturated carbocycles. The molecule has 2 aromatic carbocycles. The number of nitrogens with one attached hydrogen (secondary N) is 1. The number of unbranched alkanes of at least 4 members (excludes halogenated alkanes) is 3. The van der Waals surface area contributed by atoms with Crippen LogP contribution in [-0.2, 0) is 25.7 Å². The van der Waals surface area contributed by atoms with E-state index in [-0.39, 0.29) is 43.8 Å². The third-order valence-electron chi connectivity index (χ3n) is 7.75. The maximum absolute atomic E-state index is 12.5. The van der Waals surface area contributed by atoms with Gasteiger partial charge < -0.3 is 30.1 Å². The predicted molar refractivity (Wildman–Crippen MR) is 151 cm³/mol. The second-order valence-electron chi connectivity index (χ2n) is 10.8. The minimum Gasteiger partial charge on any atom is -0.481 e. The summed E-state index contributed by atoms with van der Waals surface area (Å²) in [5.74, 6) is -0.865. The Labute approximate surface area is 236 Å². The molecule has 9 heteroatoms. The average molecular weight is 555 g/mol. The Balaban J connectivity index is 1.40. The molecule has 40 heavy (non-hydrogen) atoms. The van der Waals surface area contributed by atoms with Gasteiger partial charge in [-0.2, -0.15) is 0 Å². The van der Waals surface area contributed by atoms with Crippen molar-refractivity contribution in [1.29, 1.82) is 0 Å². The fourth-order valence-corrected chi connectivity index (χ4v) is 5.54. The number of nitrogens with zero attached hydrogens (tertiary/aromatic N) is 1. The number of amides is 1. The zero-order valence-electron chi connectivity index (χ0n) is 23.0. The smallest absolute Gasteiger partial charge is 0.303 e. The van der Waals surface area contributed by atoms with E-state index in [2.05, 4.69) is 10.2 Å². The molecule has 4 atom stereocenters. The molecule has 0 radical (unpaired) electrons. The number of carboxylic acids is 1. The first-order chi connectivity index (χ1) is 19.4. The van der Waals surface area contributed by atoms with Gasteiger partial charge in [-0.15, -0.1) is 0 Å². The Kier molecular flexibility index (Phi) is 11.5. The summed E-state index contributed by atoms with van der Waals surface area (Å²) in [7, 11) is 0. The fraction of sp³-hybridized carbons (Fsp3) is 0.548. The number of hydrogen-bond donors (Lipinski definition) is 4. The number of likely N-dealkylation sites (tertiary alicyclic amines) is 1. The van der Waals surface area contributed by atoms with Gasteiger partial charge in [-0.3, -0.25) is 14.5 Å². The van der Waals surface area contributed by atoms with Gasteiger partial charge in [0.05, 0.1) is 25.4 Å². The van der Waals surface area contributed by atoms with Gasteiger partial charge in [-0.05, 0) is 55.5 Å². The highest BCUT2D eigenvalue weighted by Crippen LogP contribution is 2.39. The monoisotopic (exact) mass is 554 g/mol. The largest absolute Gasteiger partial charge is 0.481 e. The number of ether oxygens (including phenoxy) is 2. The van der Waals surface area contributed by atoms with E-state index in [1.165, 1.54) is 0 Å². The highest BCUT2D eigenvalue weighted by Gasteiger charge is 2.35. The summed E-state index contributed by atoms with van der Waals surface area (Å²) in [6, 6.07) is 15.5. The van der Waals surface area contributed by atoms with E-state index in [9.17, 15) is 19.8 Å². The molecule has 0 aromatic heterocycles. The van der Waals surface area contributed by atoms with E-state index in [4.69, 9.17) is 14.6 Å². The number of benzene rings is 2. The zero-order valence-corrected chi connectivity index (χ0v) is 23.0. The molecule has 9 nitrogen and oxygen atoms in total. The topological polar surface area (TPSA) is 129 Å². The van der Waals surface area contributed by atoms with Gasteiger partial charge in [-0.1, -0.05) is 49.2 Å². The molecule has 1 amide bonds. The van der Waals surface area contributed by atoms with Crippen LogP contribution in [0.15, 0.2) is 48.5 Å². The minimum absolute atomic E-state index is 0.0130. The second kappa shape index (κ2) is 15.3. The third kappa shape index (κ3) is 8.84. The van der Waals surface area contributed by atoms with Crippen LogP contribution in [0, 0.1) is 0 Å². The molecule has 0 spiro atoms. The number of carbonyl (C=O) groups is 2. The Morgan fingerprint density at radius 2 is 1.73 bits per heavy atom. The van der Waals surface area contributed by atoms with Gasteiger partial charge in [-0.25, -0.2) is 0 Å². The van der Waals surface area contributed by atoms with Crippen molar-refractivity contribution in [3.8, 4) is 0 Å². The molecule has 2 aliphatic heterocycles. The van der Waals surface area contributed by atoms with E-state index in [1.807, 2.05) is 48.5 Å². The summed E-state index contributed by atoms with van der Waals surface area (Å²) >= 11 is 0. The summed E-state index contributed by atoms with van der Waals surface area (Å²) in [4.78, 5) is 25.4. The highest BCUT2D eigenvalue weighted by atomic mass is 16.7. The molecule has 218 valence electrons. The van der Waals surface area contributed by atoms with E-state index in [0.29, 0.717) is 37.9 Å². The van der Waals surface area contributed by atoms with Crippen molar-refractivity contribution in [3.63, 3.8) is 0 Å². The summed E-state index contributed by atoms with van der Waals surface area (Å²) in [5, 5.41) is 30.9. The summed E-state index contributed by atoms with van der Waals surface area (Å²) in [6.07, 6.45) is 5.30. The van der Waals surface area contributed by atoms with Crippen molar-refractivity contribution in [2.75, 3.05) is 25.0 Å². The van der Waals surface area contributed by atoms with Crippen LogP contribution >= 0.6 is 0 Å². The van der Waals surface area contributed by atoms with Crippen LogP contribution in [0.2, 0.25) is 0 Å². The van der Waals surface area contributed by atoms with Crippen molar-refractivity contribution in [2.24, 2.45) is 0 Å². The summed E-state index contributed by atoms with van der Waals surface area (Å²) in [5.41, 5.74) is 3.35. The van der Waals surface area contributed by atoms with Gasteiger partial charge in [0.1, 0.15) is 0 Å². The van der Waals surface area contributed by atoms with Gasteiger partial charge in [0, 0.05) is 43.1 Å². The highest BCUT2D eigenvalue weighted by molar-refractivity contribution is 5.90. The van der Waals surface area contributed by atoms with Gasteiger partial charge in [0.2, 0.25) is 5.91 Å². The molecule has 2 heterocycles. The summed E-state index contributed by atoms with van der Waals surface area (Å²) in [6.45, 7) is 1.77. The van der Waals surface area contributed by atoms with Crippen molar-refractivity contribution in [3.05, 3.63) is 65.2 Å². The maximum Gasteiger partial charge on any atom is 0.303 e. The Hall–Kier alpha value is -2.82. The average Bonchev–Trinajstić information content (AvgIpc) is 3.41. The predicted octanol–water partition coefficient (Wildman–Crippen LogP) is 4.54. The molecule has 2 aliphatic rings. The van der Waals surface area contributed by atoms with Crippen LogP contribution in [0.4, 0.5) is 5.69 Å². The molecule has 0 bridgehead atoms. The van der Waals surface area contributed by atoms with Crippen LogP contribution < -0.4 is 5.32 Å². The zero-order chi connectivity index (χ0) is 28.3. The molecule has 0 unspecified atom stereocenters. The number of aliphatic hydroxyl groups excluding tert-OH is 2. The quantitative estimate of drug-likeness (QED) is 0.251. The van der Waals surface area contributed by atoms with Crippen LogP contribution in [0.1, 0.15) is 86.9 Å². The molecule has 2 fully saturated rings. The number of aliphatic carboxylic acids is 1. The van der Waals surface area contributed by atoms with Crippen molar-refractivity contribution >= 4 is 17.6 Å². The fourth-order valence-electron chi connectivity index (χ4n) is 5.54. The third-order valence-corrected chi connectivity index (χ3v) is 7.75. The first kappa shape index (κ1) is 30.1. The number of carbonyl (C=O) groups excluding carboxylic acids is 1. The van der Waals surface area contributed by atoms with Crippen molar-refractivity contribution in [2.45, 2.75) is 88.9 Å². The molecule has 2 aromatic rings. The number of aliphatic hydroxyl groups is 2. The van der Waals surface area contributed by atoms with Crippen LogP contribution in [0.3, 0.4) is 0 Å². The Bertz CT molecular complexity index is 1090. The molecule has 2 saturated heterocycles. The molecule has 4 N–H and O–H groups in total. The standard InChI is InChI=1S/C31H42N2O7/c34-20-22-12-14-23(15-13-22)28-18-27(19-33-16-6-9-26(33)21-35)39-31(40-28)24-7-5-8-25(17-24)32-29(36)10-3-1-2-4-11-30(37)38/h5,7-8,12-15,17,26-28,31,34-35H,1-4,6,9-11,16,18-21H2,(H,32,36)(H,37,38)/t26-,27+,28-,31-/m0/s1. The van der Waals surface area contributed by atoms with Crippen LogP contribution in [-0.4, -0.2) is 63.9 Å².